The number of carbonyl (C=O) groups excluding carboxylic acids is 3. The van der Waals surface area contributed by atoms with Crippen LogP contribution in [0.5, 0.6) is 5.75 Å². The molecule has 9 nitrogen and oxygen atoms in total. The van der Waals surface area contributed by atoms with Gasteiger partial charge in [-0.2, -0.15) is 0 Å². The Labute approximate surface area is 200 Å². The highest BCUT2D eigenvalue weighted by Gasteiger charge is 2.54. The number of aliphatic hydroxyl groups is 2. The van der Waals surface area contributed by atoms with Crippen molar-refractivity contribution in [2.24, 2.45) is 11.8 Å². The number of epoxide rings is 1. The van der Waals surface area contributed by atoms with Crippen LogP contribution in [0.15, 0.2) is 18.2 Å². The highest BCUT2D eigenvalue weighted by atomic mass is 16.6. The summed E-state index contributed by atoms with van der Waals surface area (Å²) in [5, 5.41) is 24.6. The normalized spacial score (nSPS) is 22.9. The van der Waals surface area contributed by atoms with Crippen molar-refractivity contribution in [1.82, 2.24) is 10.6 Å². The largest absolute Gasteiger partial charge is 0.494 e. The third-order valence-corrected chi connectivity index (χ3v) is 6.46. The molecule has 1 aromatic carbocycles. The molecule has 0 spiro atoms. The molecule has 2 aliphatic rings. The smallest absolute Gasteiger partial charge is 0.245 e. The van der Waals surface area contributed by atoms with Gasteiger partial charge in [0.1, 0.15) is 11.8 Å². The Morgan fingerprint density at radius 3 is 2.53 bits per heavy atom. The van der Waals surface area contributed by atoms with Crippen LogP contribution in [0.3, 0.4) is 0 Å². The molecule has 4 unspecified atom stereocenters. The van der Waals surface area contributed by atoms with Crippen molar-refractivity contribution in [3.63, 3.8) is 0 Å². The summed E-state index contributed by atoms with van der Waals surface area (Å²) in [6, 6.07) is 3.75. The monoisotopic (exact) mass is 476 g/mol. The van der Waals surface area contributed by atoms with Gasteiger partial charge >= 0.3 is 0 Å². The number of carbonyl (C=O) groups is 3. The van der Waals surface area contributed by atoms with E-state index in [2.05, 4.69) is 10.6 Å². The first kappa shape index (κ1) is 26.1. The molecule has 34 heavy (non-hydrogen) atoms. The summed E-state index contributed by atoms with van der Waals surface area (Å²) < 4.78 is 10.9. The molecule has 0 aromatic heterocycles. The van der Waals surface area contributed by atoms with Crippen LogP contribution >= 0.6 is 0 Å². The Hall–Kier alpha value is -2.49. The van der Waals surface area contributed by atoms with Crippen LogP contribution in [0.4, 0.5) is 0 Å². The average Bonchev–Trinajstić information content (AvgIpc) is 3.62. The van der Waals surface area contributed by atoms with E-state index in [9.17, 15) is 24.6 Å². The van der Waals surface area contributed by atoms with Crippen LogP contribution in [-0.4, -0.2) is 71.9 Å². The van der Waals surface area contributed by atoms with Gasteiger partial charge in [0, 0.05) is 5.92 Å². The maximum absolute atomic E-state index is 13.0. The van der Waals surface area contributed by atoms with E-state index >= 15 is 0 Å². The molecule has 1 aliphatic heterocycles. The Balaban J connectivity index is 1.63. The zero-order chi connectivity index (χ0) is 24.9. The fraction of sp³-hybridized carbons (Fsp3) is 0.640. The van der Waals surface area contributed by atoms with Crippen LogP contribution in [0.2, 0.25) is 0 Å². The lowest BCUT2D eigenvalue weighted by Crippen LogP contribution is -2.56. The van der Waals surface area contributed by atoms with Gasteiger partial charge in [0.05, 0.1) is 32.5 Å². The first-order valence-corrected chi connectivity index (χ1v) is 12.0. The van der Waals surface area contributed by atoms with E-state index < -0.39 is 42.6 Å². The van der Waals surface area contributed by atoms with Gasteiger partial charge in [-0.25, -0.2) is 0 Å². The number of fused-ring (bicyclic) bond motifs is 1. The van der Waals surface area contributed by atoms with Crippen LogP contribution in [0.1, 0.15) is 44.7 Å². The highest BCUT2D eigenvalue weighted by molar-refractivity contribution is 5.98. The van der Waals surface area contributed by atoms with Crippen molar-refractivity contribution in [2.75, 3.05) is 26.4 Å². The summed E-state index contributed by atoms with van der Waals surface area (Å²) in [6.45, 7) is 5.38. The molecule has 1 heterocycles. The van der Waals surface area contributed by atoms with Gasteiger partial charge in [-0.15, -0.1) is 0 Å². The standard InChI is InChI=1S/C25H36N2O7/c1-4-33-21-7-5-6-16-11-17(8-9-18(16)21)23(31)27-20(12-28)24(32)26-19(10-15(2)3)22(30)25(13-29)14-34-25/h5-7,15,17,19-20,28-29H,4,8-14H2,1-3H3,(H,26,32)(H,27,31). The highest BCUT2D eigenvalue weighted by Crippen LogP contribution is 2.33. The molecule has 3 rings (SSSR count). The van der Waals surface area contributed by atoms with Crippen molar-refractivity contribution in [1.29, 1.82) is 0 Å². The molecular formula is C25H36N2O7. The molecular weight excluding hydrogens is 440 g/mol. The Morgan fingerprint density at radius 1 is 1.21 bits per heavy atom. The number of amides is 2. The van der Waals surface area contributed by atoms with Gasteiger partial charge in [-0.3, -0.25) is 14.4 Å². The zero-order valence-corrected chi connectivity index (χ0v) is 20.1. The third kappa shape index (κ3) is 5.95. The zero-order valence-electron chi connectivity index (χ0n) is 20.1. The molecule has 0 saturated carbocycles. The number of nitrogens with one attached hydrogen (secondary N) is 2. The Morgan fingerprint density at radius 2 is 1.94 bits per heavy atom. The average molecular weight is 477 g/mol. The molecule has 188 valence electrons. The Bertz CT molecular complexity index is 897. The van der Waals surface area contributed by atoms with Crippen LogP contribution in [0.25, 0.3) is 0 Å². The van der Waals surface area contributed by atoms with Gasteiger partial charge < -0.3 is 30.3 Å². The van der Waals surface area contributed by atoms with Crippen molar-refractivity contribution in [3.05, 3.63) is 29.3 Å². The van der Waals surface area contributed by atoms with Crippen molar-refractivity contribution >= 4 is 17.6 Å². The predicted molar refractivity (Wildman–Crippen MR) is 124 cm³/mol. The second kappa shape index (κ2) is 11.3. The van der Waals surface area contributed by atoms with E-state index in [1.165, 1.54) is 0 Å². The number of aliphatic hydroxyl groups excluding tert-OH is 2. The summed E-state index contributed by atoms with van der Waals surface area (Å²) in [7, 11) is 0. The summed E-state index contributed by atoms with van der Waals surface area (Å²) in [5.74, 6) is -0.752. The minimum atomic E-state index is -1.26. The van der Waals surface area contributed by atoms with Gasteiger partial charge in [0.15, 0.2) is 11.4 Å². The fourth-order valence-electron chi connectivity index (χ4n) is 4.46. The number of hydrogen-bond donors (Lipinski definition) is 4. The lowest BCUT2D eigenvalue weighted by atomic mass is 9.83. The summed E-state index contributed by atoms with van der Waals surface area (Å²) in [5.41, 5.74) is 0.893. The lowest BCUT2D eigenvalue weighted by Gasteiger charge is -2.28. The molecule has 4 N–H and O–H groups in total. The van der Waals surface area contributed by atoms with Gasteiger partial charge in [-0.05, 0) is 55.7 Å². The van der Waals surface area contributed by atoms with Crippen LogP contribution in [0, 0.1) is 11.8 Å². The minimum absolute atomic E-state index is 0.0924. The molecule has 1 aromatic rings. The van der Waals surface area contributed by atoms with Gasteiger partial charge in [0.2, 0.25) is 11.8 Å². The molecule has 1 aliphatic carbocycles. The molecule has 4 atom stereocenters. The number of rotatable bonds is 12. The lowest BCUT2D eigenvalue weighted by molar-refractivity contribution is -0.135. The first-order valence-electron chi connectivity index (χ1n) is 12.0. The quantitative estimate of drug-likeness (QED) is 0.323. The summed E-state index contributed by atoms with van der Waals surface area (Å²) in [4.78, 5) is 38.7. The second-order valence-corrected chi connectivity index (χ2v) is 9.51. The topological polar surface area (TPSA) is 137 Å². The second-order valence-electron chi connectivity index (χ2n) is 9.51. The molecule has 1 fully saturated rings. The van der Waals surface area contributed by atoms with Crippen molar-refractivity contribution in [3.8, 4) is 5.75 Å². The van der Waals surface area contributed by atoms with E-state index in [1.807, 2.05) is 39.0 Å². The number of benzene rings is 1. The molecule has 0 radical (unpaired) electrons. The summed E-state index contributed by atoms with van der Waals surface area (Å²) >= 11 is 0. The van der Waals surface area contributed by atoms with Crippen molar-refractivity contribution < 1.29 is 34.1 Å². The Kier molecular flexibility index (Phi) is 8.67. The number of hydrogen-bond acceptors (Lipinski definition) is 7. The number of ketones is 1. The van der Waals surface area contributed by atoms with Gasteiger partial charge in [-0.1, -0.05) is 26.0 Å². The van der Waals surface area contributed by atoms with E-state index in [1.54, 1.807) is 0 Å². The van der Waals surface area contributed by atoms with Crippen LogP contribution in [-0.2, 0) is 32.0 Å². The SMILES string of the molecule is CCOc1cccc2c1CCC(C(=O)NC(CO)C(=O)NC(CC(C)C)C(=O)C1(CO)CO1)C2. The van der Waals surface area contributed by atoms with E-state index in [0.29, 0.717) is 32.3 Å². The minimum Gasteiger partial charge on any atom is -0.494 e. The fourth-order valence-corrected chi connectivity index (χ4v) is 4.46. The molecule has 0 bridgehead atoms. The van der Waals surface area contributed by atoms with Crippen molar-refractivity contribution in [2.45, 2.75) is 64.1 Å². The first-order chi connectivity index (χ1) is 16.2. The molecule has 1 saturated heterocycles. The van der Waals surface area contributed by atoms with E-state index in [0.717, 1.165) is 16.9 Å². The third-order valence-electron chi connectivity index (χ3n) is 6.46. The predicted octanol–water partition coefficient (Wildman–Crippen LogP) is 0.529. The molecule has 2 amide bonds. The van der Waals surface area contributed by atoms with E-state index in [-0.39, 0.29) is 24.3 Å². The molecule has 9 heteroatoms. The number of Topliss-reactive ketones (excluding diaryl/α,β-unsaturated/α-hetero) is 1. The van der Waals surface area contributed by atoms with Crippen LogP contribution < -0.4 is 15.4 Å². The van der Waals surface area contributed by atoms with Gasteiger partial charge in [0.25, 0.3) is 0 Å². The number of ether oxygens (including phenoxy) is 2. The maximum Gasteiger partial charge on any atom is 0.245 e. The summed E-state index contributed by atoms with van der Waals surface area (Å²) in [6.07, 6.45) is 2.16. The maximum atomic E-state index is 13.0. The van der Waals surface area contributed by atoms with E-state index in [4.69, 9.17) is 9.47 Å².